The molecule has 0 spiro atoms. The summed E-state index contributed by atoms with van der Waals surface area (Å²) in [5.41, 5.74) is 1.13. The highest BCUT2D eigenvalue weighted by atomic mass is 16.5. The Bertz CT molecular complexity index is 1060. The summed E-state index contributed by atoms with van der Waals surface area (Å²) in [5, 5.41) is 6.92. The number of benzene rings is 2. The van der Waals surface area contributed by atoms with Gasteiger partial charge in [-0.3, -0.25) is 4.79 Å². The molecule has 1 N–H and O–H groups in total. The number of para-hydroxylation sites is 1. The fourth-order valence-electron chi connectivity index (χ4n) is 2.74. The molecule has 1 amide bonds. The number of ether oxygens (including phenoxy) is 3. The molecule has 0 bridgehead atoms. The molecule has 0 aliphatic rings. The first-order chi connectivity index (χ1) is 14.5. The van der Waals surface area contributed by atoms with E-state index in [0.717, 1.165) is 5.69 Å². The van der Waals surface area contributed by atoms with Gasteiger partial charge in [0.1, 0.15) is 0 Å². The number of nitrogens with zero attached hydrogens (tertiary/aromatic N) is 2. The van der Waals surface area contributed by atoms with Crippen LogP contribution < -0.4 is 10.1 Å². The lowest BCUT2D eigenvalue weighted by Crippen LogP contribution is -2.16. The van der Waals surface area contributed by atoms with E-state index in [1.807, 2.05) is 30.3 Å². The predicted molar refractivity (Wildman–Crippen MR) is 107 cm³/mol. The maximum Gasteiger partial charge on any atom is 0.337 e. The maximum atomic E-state index is 12.8. The third-order valence-corrected chi connectivity index (χ3v) is 4.17. The standard InChI is InChI=1S/C21H19N3O6/c1-28-17-12-24(16-7-5-4-6-8-16)23-18(17)19(25)22-15-10-13(20(26)29-2)9-14(11-15)21(27)30-3/h4-12H,1-3H3,(H,22,25). The van der Waals surface area contributed by atoms with Gasteiger partial charge in [0, 0.05) is 5.69 Å². The van der Waals surface area contributed by atoms with Crippen molar-refractivity contribution in [3.05, 3.63) is 71.5 Å². The fourth-order valence-corrected chi connectivity index (χ4v) is 2.74. The Labute approximate surface area is 172 Å². The third kappa shape index (κ3) is 4.30. The molecule has 3 aromatic rings. The van der Waals surface area contributed by atoms with Crippen molar-refractivity contribution in [1.29, 1.82) is 0 Å². The molecule has 1 aromatic heterocycles. The lowest BCUT2D eigenvalue weighted by atomic mass is 10.1. The minimum atomic E-state index is -0.665. The average molecular weight is 409 g/mol. The number of hydrogen-bond acceptors (Lipinski definition) is 7. The Hall–Kier alpha value is -4.14. The van der Waals surface area contributed by atoms with Gasteiger partial charge in [-0.05, 0) is 30.3 Å². The van der Waals surface area contributed by atoms with Crippen LogP contribution in [-0.2, 0) is 9.47 Å². The molecule has 0 unspecified atom stereocenters. The van der Waals surface area contributed by atoms with Gasteiger partial charge in [0.25, 0.3) is 5.91 Å². The second-order valence-electron chi connectivity index (χ2n) is 6.06. The monoisotopic (exact) mass is 409 g/mol. The minimum absolute atomic E-state index is 0.0319. The van der Waals surface area contributed by atoms with Crippen LogP contribution >= 0.6 is 0 Å². The van der Waals surface area contributed by atoms with E-state index < -0.39 is 17.8 Å². The molecule has 9 heteroatoms. The number of rotatable bonds is 6. The molecule has 0 aliphatic heterocycles. The van der Waals surface area contributed by atoms with E-state index in [0.29, 0.717) is 0 Å². The van der Waals surface area contributed by atoms with E-state index in [2.05, 4.69) is 10.4 Å². The number of aromatic nitrogens is 2. The summed E-state index contributed by atoms with van der Waals surface area (Å²) in [4.78, 5) is 36.7. The van der Waals surface area contributed by atoms with E-state index in [9.17, 15) is 14.4 Å². The van der Waals surface area contributed by atoms with Crippen LogP contribution in [0.4, 0.5) is 5.69 Å². The number of anilines is 1. The second-order valence-corrected chi connectivity index (χ2v) is 6.06. The zero-order valence-electron chi connectivity index (χ0n) is 16.5. The smallest absolute Gasteiger partial charge is 0.337 e. The number of carbonyl (C=O) groups is 3. The molecular formula is C21H19N3O6. The molecule has 0 saturated carbocycles. The van der Waals surface area contributed by atoms with Crippen LogP contribution in [0.15, 0.2) is 54.7 Å². The molecule has 154 valence electrons. The summed E-state index contributed by atoms with van der Waals surface area (Å²) in [7, 11) is 3.86. The quantitative estimate of drug-likeness (QED) is 0.624. The summed E-state index contributed by atoms with van der Waals surface area (Å²) >= 11 is 0. The first kappa shape index (κ1) is 20.6. The van der Waals surface area contributed by atoms with Gasteiger partial charge in [0.15, 0.2) is 11.4 Å². The largest absolute Gasteiger partial charge is 0.493 e. The van der Waals surface area contributed by atoms with Gasteiger partial charge in [-0.25, -0.2) is 14.3 Å². The minimum Gasteiger partial charge on any atom is -0.493 e. The lowest BCUT2D eigenvalue weighted by Gasteiger charge is -2.09. The average Bonchev–Trinajstić information content (AvgIpc) is 3.23. The second kappa shape index (κ2) is 8.91. The molecule has 3 rings (SSSR count). The van der Waals surface area contributed by atoms with Crippen LogP contribution in [0.1, 0.15) is 31.2 Å². The van der Waals surface area contributed by atoms with Gasteiger partial charge in [-0.15, -0.1) is 0 Å². The van der Waals surface area contributed by atoms with Crippen LogP contribution in [0.25, 0.3) is 5.69 Å². The van der Waals surface area contributed by atoms with Crippen molar-refractivity contribution in [1.82, 2.24) is 9.78 Å². The lowest BCUT2D eigenvalue weighted by molar-refractivity contribution is 0.0599. The Balaban J connectivity index is 1.95. The zero-order chi connectivity index (χ0) is 21.7. The highest BCUT2D eigenvalue weighted by molar-refractivity contribution is 6.06. The first-order valence-corrected chi connectivity index (χ1v) is 8.79. The molecule has 0 aliphatic carbocycles. The molecule has 0 saturated heterocycles. The van der Waals surface area contributed by atoms with Crippen molar-refractivity contribution in [3.8, 4) is 11.4 Å². The molecule has 0 atom stereocenters. The summed E-state index contributed by atoms with van der Waals surface area (Å²) < 4.78 is 16.2. The molecule has 2 aromatic carbocycles. The van der Waals surface area contributed by atoms with Crippen molar-refractivity contribution in [2.75, 3.05) is 26.6 Å². The SMILES string of the molecule is COC(=O)c1cc(NC(=O)c2nn(-c3ccccc3)cc2OC)cc(C(=O)OC)c1. The first-order valence-electron chi connectivity index (χ1n) is 8.79. The Kier molecular flexibility index (Phi) is 6.11. The van der Waals surface area contributed by atoms with Gasteiger partial charge in [0.05, 0.1) is 44.3 Å². The fraction of sp³-hybridized carbons (Fsp3) is 0.143. The van der Waals surface area contributed by atoms with Gasteiger partial charge < -0.3 is 19.5 Å². The van der Waals surface area contributed by atoms with Gasteiger partial charge >= 0.3 is 11.9 Å². The van der Waals surface area contributed by atoms with Crippen molar-refractivity contribution in [3.63, 3.8) is 0 Å². The Morgan fingerprint density at radius 2 is 1.50 bits per heavy atom. The number of amides is 1. The number of hydrogen-bond donors (Lipinski definition) is 1. The Morgan fingerprint density at radius 1 is 0.900 bits per heavy atom. The van der Waals surface area contributed by atoms with Crippen LogP contribution in [0, 0.1) is 0 Å². The molecule has 1 heterocycles. The summed E-state index contributed by atoms with van der Waals surface area (Å²) in [6, 6.07) is 13.3. The van der Waals surface area contributed by atoms with Crippen LogP contribution in [0.5, 0.6) is 5.75 Å². The normalized spacial score (nSPS) is 10.2. The Morgan fingerprint density at radius 3 is 2.03 bits per heavy atom. The van der Waals surface area contributed by atoms with Gasteiger partial charge in [0.2, 0.25) is 0 Å². The number of carbonyl (C=O) groups excluding carboxylic acids is 3. The third-order valence-electron chi connectivity index (χ3n) is 4.17. The van der Waals surface area contributed by atoms with Crippen molar-refractivity contribution in [2.45, 2.75) is 0 Å². The van der Waals surface area contributed by atoms with Crippen LogP contribution in [-0.4, -0.2) is 49.0 Å². The summed E-state index contributed by atoms with van der Waals surface area (Å²) in [6.07, 6.45) is 1.58. The molecule has 9 nitrogen and oxygen atoms in total. The number of esters is 2. The van der Waals surface area contributed by atoms with E-state index in [1.165, 1.54) is 44.2 Å². The summed E-state index contributed by atoms with van der Waals surface area (Å²) in [5.74, 6) is -1.66. The molecule has 0 fully saturated rings. The van der Waals surface area contributed by atoms with E-state index >= 15 is 0 Å². The topological polar surface area (TPSA) is 109 Å². The van der Waals surface area contributed by atoms with Crippen molar-refractivity contribution in [2.24, 2.45) is 0 Å². The van der Waals surface area contributed by atoms with Crippen LogP contribution in [0.2, 0.25) is 0 Å². The van der Waals surface area contributed by atoms with E-state index in [-0.39, 0.29) is 28.3 Å². The number of methoxy groups -OCH3 is 3. The highest BCUT2D eigenvalue weighted by Crippen LogP contribution is 2.22. The zero-order valence-corrected chi connectivity index (χ0v) is 16.5. The predicted octanol–water partition coefficient (Wildman–Crippen LogP) is 2.71. The molecule has 30 heavy (non-hydrogen) atoms. The van der Waals surface area contributed by atoms with Crippen molar-refractivity contribution >= 4 is 23.5 Å². The maximum absolute atomic E-state index is 12.8. The van der Waals surface area contributed by atoms with Gasteiger partial charge in [-0.2, -0.15) is 5.10 Å². The van der Waals surface area contributed by atoms with Crippen LogP contribution in [0.3, 0.4) is 0 Å². The van der Waals surface area contributed by atoms with Crippen molar-refractivity contribution < 1.29 is 28.6 Å². The highest BCUT2D eigenvalue weighted by Gasteiger charge is 2.20. The van der Waals surface area contributed by atoms with E-state index in [4.69, 9.17) is 14.2 Å². The molecular weight excluding hydrogens is 390 g/mol. The van der Waals surface area contributed by atoms with Gasteiger partial charge in [-0.1, -0.05) is 18.2 Å². The number of nitrogens with one attached hydrogen (secondary N) is 1. The van der Waals surface area contributed by atoms with E-state index in [1.54, 1.807) is 6.20 Å². The summed E-state index contributed by atoms with van der Waals surface area (Å²) in [6.45, 7) is 0. The molecule has 0 radical (unpaired) electrons.